The molecule has 0 aliphatic carbocycles. The highest BCUT2D eigenvalue weighted by Gasteiger charge is 2.24. The normalized spacial score (nSPS) is 12.0. The molecule has 0 saturated heterocycles. The molecule has 9 aromatic carbocycles. The van der Waals surface area contributed by atoms with Gasteiger partial charge >= 0.3 is 0 Å². The first-order valence-corrected chi connectivity index (χ1v) is 19.5. The summed E-state index contributed by atoms with van der Waals surface area (Å²) in [5.41, 5.74) is 10.6. The van der Waals surface area contributed by atoms with Crippen molar-refractivity contribution in [3.63, 3.8) is 0 Å². The Labute approximate surface area is 320 Å². The Bertz CT molecular complexity index is 3420. The standard InChI is InChI=1S/C52H30O2S/c1-3-15-31(16-4-1)47-42-29-41-37-24-13-26-40(52(37)54-43(41)30-44(42)53-51(47)32-17-5-2-6-18-32)49-35-21-9-7-19-33(35)48(34-20-8-10-22-36(34)49)39-25-14-28-46-50(39)38-23-11-12-27-45(38)55-46/h1-30H. The summed E-state index contributed by atoms with van der Waals surface area (Å²) in [6, 6.07) is 65.2. The van der Waals surface area contributed by atoms with Crippen LogP contribution in [0.5, 0.6) is 0 Å². The molecule has 256 valence electrons. The summed E-state index contributed by atoms with van der Waals surface area (Å²) >= 11 is 1.87. The number of benzene rings is 9. The number of furan rings is 2. The number of hydrogen-bond acceptors (Lipinski definition) is 3. The summed E-state index contributed by atoms with van der Waals surface area (Å²) in [6.45, 7) is 0. The summed E-state index contributed by atoms with van der Waals surface area (Å²) in [5, 5.41) is 10.7. The molecular weight excluding hydrogens is 689 g/mol. The molecule has 2 nitrogen and oxygen atoms in total. The molecule has 3 heterocycles. The van der Waals surface area contributed by atoms with Gasteiger partial charge in [0.25, 0.3) is 0 Å². The smallest absolute Gasteiger partial charge is 0.143 e. The zero-order chi connectivity index (χ0) is 36.0. The maximum absolute atomic E-state index is 6.96. The lowest BCUT2D eigenvalue weighted by Gasteiger charge is -2.18. The number of hydrogen-bond donors (Lipinski definition) is 0. The summed E-state index contributed by atoms with van der Waals surface area (Å²) in [4.78, 5) is 0. The van der Waals surface area contributed by atoms with E-state index in [2.05, 4.69) is 176 Å². The van der Waals surface area contributed by atoms with E-state index in [9.17, 15) is 0 Å². The molecule has 0 unspecified atom stereocenters. The van der Waals surface area contributed by atoms with Gasteiger partial charge in [-0.1, -0.05) is 158 Å². The van der Waals surface area contributed by atoms with E-state index in [0.717, 1.165) is 60.9 Å². The maximum Gasteiger partial charge on any atom is 0.143 e. The lowest BCUT2D eigenvalue weighted by molar-refractivity contribution is 0.629. The third-order valence-electron chi connectivity index (χ3n) is 11.3. The Morgan fingerprint density at radius 1 is 0.327 bits per heavy atom. The molecule has 0 bridgehead atoms. The van der Waals surface area contributed by atoms with Crippen LogP contribution in [0.25, 0.3) is 119 Å². The molecule has 0 aliphatic rings. The fourth-order valence-electron chi connectivity index (χ4n) is 8.96. The van der Waals surface area contributed by atoms with Gasteiger partial charge in [-0.15, -0.1) is 11.3 Å². The molecule has 0 N–H and O–H groups in total. The highest BCUT2D eigenvalue weighted by molar-refractivity contribution is 7.26. The van der Waals surface area contributed by atoms with Crippen LogP contribution in [0.4, 0.5) is 0 Å². The lowest BCUT2D eigenvalue weighted by atomic mass is 9.84. The molecule has 12 rings (SSSR count). The van der Waals surface area contributed by atoms with E-state index < -0.39 is 0 Å². The van der Waals surface area contributed by atoms with Crippen LogP contribution in [0.15, 0.2) is 191 Å². The first-order valence-electron chi connectivity index (χ1n) is 18.7. The van der Waals surface area contributed by atoms with Crippen molar-refractivity contribution in [3.05, 3.63) is 182 Å². The first kappa shape index (κ1) is 30.5. The van der Waals surface area contributed by atoms with Gasteiger partial charge in [0.05, 0.1) is 0 Å². The van der Waals surface area contributed by atoms with Gasteiger partial charge in [0.2, 0.25) is 0 Å². The molecule has 12 aromatic rings. The zero-order valence-corrected chi connectivity index (χ0v) is 30.4. The molecule has 0 saturated carbocycles. The largest absolute Gasteiger partial charge is 0.455 e. The predicted molar refractivity (Wildman–Crippen MR) is 233 cm³/mol. The van der Waals surface area contributed by atoms with E-state index in [4.69, 9.17) is 8.83 Å². The summed E-state index contributed by atoms with van der Waals surface area (Å²) in [5.74, 6) is 0.864. The van der Waals surface area contributed by atoms with Gasteiger partial charge in [-0.3, -0.25) is 0 Å². The topological polar surface area (TPSA) is 26.3 Å². The Morgan fingerprint density at radius 3 is 1.56 bits per heavy atom. The summed E-state index contributed by atoms with van der Waals surface area (Å²) < 4.78 is 16.3. The van der Waals surface area contributed by atoms with Crippen molar-refractivity contribution in [2.45, 2.75) is 0 Å². The predicted octanol–water partition coefficient (Wildman–Crippen LogP) is 15.7. The monoisotopic (exact) mass is 718 g/mol. The average Bonchev–Trinajstić information content (AvgIpc) is 3.94. The van der Waals surface area contributed by atoms with Gasteiger partial charge < -0.3 is 8.83 Å². The Hall–Kier alpha value is -6.94. The first-order chi connectivity index (χ1) is 27.3. The third kappa shape index (κ3) is 4.48. The Kier molecular flexibility index (Phi) is 6.54. The minimum absolute atomic E-state index is 0.807. The molecule has 3 aromatic heterocycles. The van der Waals surface area contributed by atoms with Crippen LogP contribution in [-0.4, -0.2) is 0 Å². The van der Waals surface area contributed by atoms with Crippen molar-refractivity contribution in [1.82, 2.24) is 0 Å². The molecule has 0 atom stereocenters. The number of thiophene rings is 1. The fraction of sp³-hybridized carbons (Fsp3) is 0. The van der Waals surface area contributed by atoms with Gasteiger partial charge in [-0.05, 0) is 56.4 Å². The SMILES string of the molecule is c1ccc(-c2oc3cc4oc5c(-c6c7ccccc7c(-c7cccc8sc9ccccc9c78)c7ccccc67)cccc5c4cc3c2-c2ccccc2)cc1. The Morgan fingerprint density at radius 2 is 0.855 bits per heavy atom. The maximum atomic E-state index is 6.96. The van der Waals surface area contributed by atoms with E-state index in [1.807, 2.05) is 17.4 Å². The Balaban J connectivity index is 1.14. The van der Waals surface area contributed by atoms with Crippen molar-refractivity contribution in [1.29, 1.82) is 0 Å². The van der Waals surface area contributed by atoms with Crippen LogP contribution in [0.2, 0.25) is 0 Å². The third-order valence-corrected chi connectivity index (χ3v) is 12.4. The van der Waals surface area contributed by atoms with Crippen molar-refractivity contribution >= 4 is 86.0 Å². The minimum Gasteiger partial charge on any atom is -0.455 e. The molecule has 0 spiro atoms. The lowest BCUT2D eigenvalue weighted by Crippen LogP contribution is -1.91. The second kappa shape index (κ2) is 11.8. The van der Waals surface area contributed by atoms with Crippen LogP contribution >= 0.6 is 11.3 Å². The van der Waals surface area contributed by atoms with E-state index in [0.29, 0.717) is 0 Å². The number of para-hydroxylation sites is 1. The van der Waals surface area contributed by atoms with Gasteiger partial charge in [0.15, 0.2) is 0 Å². The van der Waals surface area contributed by atoms with Crippen molar-refractivity contribution < 1.29 is 8.83 Å². The van der Waals surface area contributed by atoms with Crippen LogP contribution in [0.3, 0.4) is 0 Å². The fourth-order valence-corrected chi connectivity index (χ4v) is 10.1. The quantitative estimate of drug-likeness (QED) is 0.169. The van der Waals surface area contributed by atoms with E-state index in [1.165, 1.54) is 58.4 Å². The molecule has 3 heteroatoms. The van der Waals surface area contributed by atoms with Gasteiger partial charge in [0.1, 0.15) is 22.5 Å². The van der Waals surface area contributed by atoms with Crippen LogP contribution in [-0.2, 0) is 0 Å². The average molecular weight is 719 g/mol. The van der Waals surface area contributed by atoms with E-state index >= 15 is 0 Å². The number of fused-ring (bicyclic) bond motifs is 9. The molecule has 55 heavy (non-hydrogen) atoms. The highest BCUT2D eigenvalue weighted by atomic mass is 32.1. The minimum atomic E-state index is 0.807. The van der Waals surface area contributed by atoms with E-state index in [1.54, 1.807) is 0 Å². The molecule has 0 aliphatic heterocycles. The highest BCUT2D eigenvalue weighted by Crippen LogP contribution is 2.50. The molecular formula is C52H30O2S. The van der Waals surface area contributed by atoms with Crippen LogP contribution in [0, 0.1) is 0 Å². The van der Waals surface area contributed by atoms with Crippen molar-refractivity contribution in [2.24, 2.45) is 0 Å². The second-order valence-corrected chi connectivity index (χ2v) is 15.4. The van der Waals surface area contributed by atoms with Gasteiger partial charge in [-0.2, -0.15) is 0 Å². The van der Waals surface area contributed by atoms with Crippen molar-refractivity contribution in [2.75, 3.05) is 0 Å². The molecule has 0 fully saturated rings. The van der Waals surface area contributed by atoms with E-state index in [-0.39, 0.29) is 0 Å². The second-order valence-electron chi connectivity index (χ2n) is 14.3. The molecule has 0 radical (unpaired) electrons. The molecule has 0 amide bonds. The number of rotatable bonds is 4. The summed E-state index contributed by atoms with van der Waals surface area (Å²) in [7, 11) is 0. The zero-order valence-electron chi connectivity index (χ0n) is 29.5. The van der Waals surface area contributed by atoms with Crippen LogP contribution in [0.1, 0.15) is 0 Å². The van der Waals surface area contributed by atoms with Crippen LogP contribution < -0.4 is 0 Å². The van der Waals surface area contributed by atoms with Gasteiger partial charge in [-0.25, -0.2) is 0 Å². The van der Waals surface area contributed by atoms with Gasteiger partial charge in [0, 0.05) is 64.7 Å². The summed E-state index contributed by atoms with van der Waals surface area (Å²) in [6.07, 6.45) is 0. The van der Waals surface area contributed by atoms with Crippen molar-refractivity contribution in [3.8, 4) is 44.7 Å².